The molecule has 1 fully saturated rings. The van der Waals surface area contributed by atoms with Gasteiger partial charge in [-0.2, -0.15) is 0 Å². The maximum Gasteiger partial charge on any atom is 0.0594 e. The molecule has 3 atom stereocenters. The smallest absolute Gasteiger partial charge is 0.0594 e. The highest BCUT2D eigenvalue weighted by molar-refractivity contribution is 9.10. The number of benzene rings is 1. The number of rotatable bonds is 4. The van der Waals surface area contributed by atoms with Gasteiger partial charge in [0.15, 0.2) is 0 Å². The zero-order chi connectivity index (χ0) is 12.3. The van der Waals surface area contributed by atoms with Gasteiger partial charge in [0.2, 0.25) is 0 Å². The molecule has 3 heteroatoms. The Bertz CT molecular complexity index is 352. The molecule has 0 aromatic heterocycles. The largest absolute Gasteiger partial charge is 0.375 e. The van der Waals surface area contributed by atoms with Crippen LogP contribution in [-0.2, 0) is 11.2 Å². The third-order valence-corrected chi connectivity index (χ3v) is 3.83. The van der Waals surface area contributed by atoms with Gasteiger partial charge in [-0.1, -0.05) is 28.1 Å². The first-order chi connectivity index (χ1) is 8.13. The summed E-state index contributed by atoms with van der Waals surface area (Å²) in [6.45, 7) is 2.14. The van der Waals surface area contributed by atoms with Gasteiger partial charge in [-0.3, -0.25) is 0 Å². The Kier molecular flexibility index (Phi) is 4.60. The first-order valence-corrected chi connectivity index (χ1v) is 7.08. The minimum absolute atomic E-state index is 0.200. The van der Waals surface area contributed by atoms with E-state index in [1.165, 1.54) is 12.0 Å². The molecular formula is C14H20BrNO. The molecule has 1 aliphatic heterocycles. The summed E-state index contributed by atoms with van der Waals surface area (Å²) in [7, 11) is 0. The Morgan fingerprint density at radius 3 is 2.65 bits per heavy atom. The maximum atomic E-state index is 6.18. The van der Waals surface area contributed by atoms with Gasteiger partial charge in [0.25, 0.3) is 0 Å². The van der Waals surface area contributed by atoms with Crippen LogP contribution in [0.5, 0.6) is 0 Å². The zero-order valence-electron chi connectivity index (χ0n) is 10.2. The van der Waals surface area contributed by atoms with E-state index in [0.717, 1.165) is 23.7 Å². The van der Waals surface area contributed by atoms with Gasteiger partial charge in [0.1, 0.15) is 0 Å². The third kappa shape index (κ3) is 4.09. The Morgan fingerprint density at radius 1 is 1.35 bits per heavy atom. The maximum absolute atomic E-state index is 6.18. The van der Waals surface area contributed by atoms with Crippen LogP contribution < -0.4 is 5.73 Å². The summed E-state index contributed by atoms with van der Waals surface area (Å²) >= 11 is 3.44. The van der Waals surface area contributed by atoms with Crippen molar-refractivity contribution < 1.29 is 4.74 Å². The number of ether oxygens (including phenoxy) is 1. The van der Waals surface area contributed by atoms with Crippen molar-refractivity contribution in [2.45, 2.75) is 50.9 Å². The first-order valence-electron chi connectivity index (χ1n) is 6.29. The quantitative estimate of drug-likeness (QED) is 0.926. The predicted octanol–water partition coefficient (Wildman–Crippen LogP) is 3.28. The standard InChI is InChI=1S/C14H20BrNO/c1-10-2-7-14(17-10)9-13(16)8-11-3-5-12(15)6-4-11/h3-6,10,13-14H,2,7-9,16H2,1H3. The first kappa shape index (κ1) is 13.1. The fourth-order valence-electron chi connectivity index (χ4n) is 2.40. The van der Waals surface area contributed by atoms with E-state index < -0.39 is 0 Å². The molecule has 1 aliphatic rings. The zero-order valence-corrected chi connectivity index (χ0v) is 11.8. The summed E-state index contributed by atoms with van der Waals surface area (Å²) in [5.74, 6) is 0. The lowest BCUT2D eigenvalue weighted by Gasteiger charge is -2.17. The van der Waals surface area contributed by atoms with Crippen LogP contribution in [0.25, 0.3) is 0 Å². The van der Waals surface area contributed by atoms with E-state index in [0.29, 0.717) is 12.2 Å². The van der Waals surface area contributed by atoms with E-state index in [-0.39, 0.29) is 6.04 Å². The third-order valence-electron chi connectivity index (χ3n) is 3.30. The van der Waals surface area contributed by atoms with Crippen LogP contribution in [0.2, 0.25) is 0 Å². The second-order valence-corrected chi connectivity index (χ2v) is 5.89. The number of hydrogen-bond donors (Lipinski definition) is 1. The van der Waals surface area contributed by atoms with Crippen LogP contribution in [-0.4, -0.2) is 18.2 Å². The van der Waals surface area contributed by atoms with Gasteiger partial charge in [-0.25, -0.2) is 0 Å². The molecule has 2 nitrogen and oxygen atoms in total. The lowest BCUT2D eigenvalue weighted by molar-refractivity contribution is 0.0471. The average Bonchev–Trinajstić information content (AvgIpc) is 2.67. The Morgan fingerprint density at radius 2 is 2.06 bits per heavy atom. The van der Waals surface area contributed by atoms with Gasteiger partial charge in [-0.05, 0) is 50.3 Å². The monoisotopic (exact) mass is 297 g/mol. The molecule has 0 amide bonds. The summed E-state index contributed by atoms with van der Waals surface area (Å²) in [5, 5.41) is 0. The Labute approximate surface area is 112 Å². The second kappa shape index (κ2) is 5.98. The van der Waals surface area contributed by atoms with E-state index >= 15 is 0 Å². The minimum Gasteiger partial charge on any atom is -0.375 e. The summed E-state index contributed by atoms with van der Waals surface area (Å²) in [4.78, 5) is 0. The molecule has 2 rings (SSSR count). The summed E-state index contributed by atoms with van der Waals surface area (Å²) in [6.07, 6.45) is 5.03. The second-order valence-electron chi connectivity index (χ2n) is 4.97. The van der Waals surface area contributed by atoms with Crippen LogP contribution in [0.4, 0.5) is 0 Å². The topological polar surface area (TPSA) is 35.2 Å². The molecule has 0 spiro atoms. The van der Waals surface area contributed by atoms with Crippen molar-refractivity contribution in [2.75, 3.05) is 0 Å². The lowest BCUT2D eigenvalue weighted by atomic mass is 10.0. The predicted molar refractivity (Wildman–Crippen MR) is 74.0 cm³/mol. The molecule has 1 aromatic carbocycles. The van der Waals surface area contributed by atoms with E-state index in [4.69, 9.17) is 10.5 Å². The summed E-state index contributed by atoms with van der Waals surface area (Å²) in [5.41, 5.74) is 7.48. The Balaban J connectivity index is 1.80. The van der Waals surface area contributed by atoms with Crippen LogP contribution >= 0.6 is 15.9 Å². The van der Waals surface area contributed by atoms with Crippen LogP contribution in [0.1, 0.15) is 31.7 Å². The van der Waals surface area contributed by atoms with E-state index in [1.54, 1.807) is 0 Å². The van der Waals surface area contributed by atoms with Crippen molar-refractivity contribution in [2.24, 2.45) is 5.73 Å². The van der Waals surface area contributed by atoms with E-state index in [1.807, 2.05) is 0 Å². The van der Waals surface area contributed by atoms with Gasteiger partial charge < -0.3 is 10.5 Å². The molecule has 0 aliphatic carbocycles. The van der Waals surface area contributed by atoms with Gasteiger partial charge in [0.05, 0.1) is 12.2 Å². The van der Waals surface area contributed by atoms with Crippen LogP contribution in [0.15, 0.2) is 28.7 Å². The molecule has 2 N–H and O–H groups in total. The summed E-state index contributed by atoms with van der Waals surface area (Å²) < 4.78 is 6.91. The summed E-state index contributed by atoms with van der Waals surface area (Å²) in [6, 6.07) is 8.59. The molecule has 1 heterocycles. The molecule has 0 bridgehead atoms. The SMILES string of the molecule is CC1CCC(CC(N)Cc2ccc(Br)cc2)O1. The molecule has 1 aromatic rings. The molecule has 94 valence electrons. The average molecular weight is 298 g/mol. The van der Waals surface area contributed by atoms with Gasteiger partial charge in [-0.15, -0.1) is 0 Å². The molecule has 17 heavy (non-hydrogen) atoms. The van der Waals surface area contributed by atoms with Crippen molar-refractivity contribution >= 4 is 15.9 Å². The normalized spacial score (nSPS) is 26.1. The molecule has 0 radical (unpaired) electrons. The van der Waals surface area contributed by atoms with Crippen molar-refractivity contribution in [3.8, 4) is 0 Å². The molecule has 0 saturated carbocycles. The molecular weight excluding hydrogens is 278 g/mol. The highest BCUT2D eigenvalue weighted by atomic mass is 79.9. The number of nitrogens with two attached hydrogens (primary N) is 1. The fourth-order valence-corrected chi connectivity index (χ4v) is 2.67. The van der Waals surface area contributed by atoms with Crippen molar-refractivity contribution in [1.29, 1.82) is 0 Å². The highest BCUT2D eigenvalue weighted by Gasteiger charge is 2.23. The van der Waals surface area contributed by atoms with Crippen LogP contribution in [0.3, 0.4) is 0 Å². The van der Waals surface area contributed by atoms with Crippen molar-refractivity contribution in [3.63, 3.8) is 0 Å². The van der Waals surface area contributed by atoms with Crippen molar-refractivity contribution in [1.82, 2.24) is 0 Å². The van der Waals surface area contributed by atoms with E-state index in [2.05, 4.69) is 47.1 Å². The minimum atomic E-state index is 0.200. The van der Waals surface area contributed by atoms with Gasteiger partial charge in [0, 0.05) is 10.5 Å². The number of halogens is 1. The lowest BCUT2D eigenvalue weighted by Crippen LogP contribution is -2.28. The fraction of sp³-hybridized carbons (Fsp3) is 0.571. The van der Waals surface area contributed by atoms with E-state index in [9.17, 15) is 0 Å². The van der Waals surface area contributed by atoms with Gasteiger partial charge >= 0.3 is 0 Å². The molecule has 3 unspecified atom stereocenters. The number of hydrogen-bond acceptors (Lipinski definition) is 2. The highest BCUT2D eigenvalue weighted by Crippen LogP contribution is 2.23. The molecule has 1 saturated heterocycles. The van der Waals surface area contributed by atoms with Crippen LogP contribution in [0, 0.1) is 0 Å². The Hall–Kier alpha value is -0.380. The van der Waals surface area contributed by atoms with Crippen molar-refractivity contribution in [3.05, 3.63) is 34.3 Å².